The molecule has 0 saturated heterocycles. The van der Waals surface area contributed by atoms with Crippen LogP contribution in [-0.2, 0) is 6.42 Å². The third-order valence-electron chi connectivity index (χ3n) is 7.05. The fourth-order valence-electron chi connectivity index (χ4n) is 4.97. The summed E-state index contributed by atoms with van der Waals surface area (Å²) in [4.78, 5) is 0. The topological polar surface area (TPSA) is 50.7 Å². The molecule has 0 radical (unpaired) electrons. The van der Waals surface area contributed by atoms with Crippen molar-refractivity contribution in [1.29, 1.82) is 0 Å². The molecule has 3 aliphatic rings. The van der Waals surface area contributed by atoms with Gasteiger partial charge in [-0.25, -0.2) is 0 Å². The number of nitrogens with one attached hydrogen (secondary N) is 1. The van der Waals surface area contributed by atoms with E-state index < -0.39 is 6.23 Å². The Morgan fingerprint density at radius 2 is 2.00 bits per heavy atom. The maximum Gasteiger partial charge on any atom is 0.161 e. The number of rotatable bonds is 9. The molecule has 2 aromatic carbocycles. The highest BCUT2D eigenvalue weighted by atomic mass is 35.5. The molecule has 0 spiro atoms. The summed E-state index contributed by atoms with van der Waals surface area (Å²) < 4.78 is 11.3. The van der Waals surface area contributed by atoms with E-state index in [0.717, 1.165) is 40.5 Å². The first-order valence-electron chi connectivity index (χ1n) is 13.0. The van der Waals surface area contributed by atoms with Crippen LogP contribution < -0.4 is 14.8 Å². The van der Waals surface area contributed by atoms with Gasteiger partial charge in [-0.05, 0) is 95.7 Å². The summed E-state index contributed by atoms with van der Waals surface area (Å²) in [7, 11) is 0. The maximum absolute atomic E-state index is 10.8. The summed E-state index contributed by atoms with van der Waals surface area (Å²) in [5.41, 5.74) is 6.50. The van der Waals surface area contributed by atoms with Gasteiger partial charge in [-0.2, -0.15) is 0 Å². The average molecular weight is 516 g/mol. The molecule has 2 aliphatic carbocycles. The zero-order valence-electron chi connectivity index (χ0n) is 21.3. The minimum atomic E-state index is -0.832. The number of hydrogen-bond acceptors (Lipinski definition) is 4. The second kappa shape index (κ2) is 11.6. The molecule has 4 nitrogen and oxygen atoms in total. The molecule has 2 N–H and O–H groups in total. The van der Waals surface area contributed by atoms with Crippen LogP contribution in [0.2, 0.25) is 5.02 Å². The van der Waals surface area contributed by atoms with Gasteiger partial charge in [-0.1, -0.05) is 66.8 Å². The van der Waals surface area contributed by atoms with Gasteiger partial charge in [0.2, 0.25) is 0 Å². The number of halogens is 1. The third kappa shape index (κ3) is 6.45. The standard InChI is InChI=1S/C32H34ClNO3/c1-3-4-23(16-27-19-26-18-25(26)7-6-24-8-9-28(33)20-29(24)27)15-21(2)32(35)34-12-11-22-5-10-30-31(17-22)37-14-13-36-30/h3-10,15,17,19-20,25-26,32,34-35H,2,11-14,16,18H2,1H3/b4-3-,7-6-,23-15+,27-19-. The fraction of sp³-hybridized carbons (Fsp3) is 0.312. The van der Waals surface area contributed by atoms with Gasteiger partial charge in [0.1, 0.15) is 19.4 Å². The lowest BCUT2D eigenvalue weighted by molar-refractivity contribution is 0.171. The van der Waals surface area contributed by atoms with Gasteiger partial charge in [0.25, 0.3) is 0 Å². The Hall–Kier alpha value is -3.05. The number of aliphatic hydroxyl groups excluding tert-OH is 1. The SMILES string of the molecule is C=C(/C=C(\C=C/C)C/C1=C/C2CC2/C=C\c2ccc(Cl)cc21)C(O)NCCc1ccc2c(c1)OCCO2. The van der Waals surface area contributed by atoms with Crippen LogP contribution >= 0.6 is 11.6 Å². The van der Waals surface area contributed by atoms with Crippen molar-refractivity contribution in [2.75, 3.05) is 19.8 Å². The molecule has 2 aromatic rings. The highest BCUT2D eigenvalue weighted by Gasteiger charge is 2.34. The van der Waals surface area contributed by atoms with E-state index in [1.165, 1.54) is 23.1 Å². The van der Waals surface area contributed by atoms with Crippen LogP contribution in [0.5, 0.6) is 11.5 Å². The number of fused-ring (bicyclic) bond motifs is 3. The number of aliphatic hydroxyl groups is 1. The van der Waals surface area contributed by atoms with Gasteiger partial charge in [-0.3, -0.25) is 5.32 Å². The van der Waals surface area contributed by atoms with Crippen LogP contribution in [0.15, 0.2) is 84.5 Å². The van der Waals surface area contributed by atoms with E-state index in [1.54, 1.807) is 0 Å². The zero-order chi connectivity index (χ0) is 25.8. The van der Waals surface area contributed by atoms with Gasteiger partial charge in [0.05, 0.1) is 0 Å². The normalized spacial score (nSPS) is 23.2. The Kier molecular flexibility index (Phi) is 7.99. The molecule has 3 atom stereocenters. The van der Waals surface area contributed by atoms with E-state index in [0.29, 0.717) is 37.2 Å². The van der Waals surface area contributed by atoms with Crippen molar-refractivity contribution in [3.8, 4) is 11.5 Å². The Labute approximate surface area is 224 Å². The van der Waals surface area contributed by atoms with Gasteiger partial charge < -0.3 is 14.6 Å². The maximum atomic E-state index is 10.8. The average Bonchev–Trinajstić information content (AvgIpc) is 3.63. The molecule has 0 aromatic heterocycles. The molecule has 192 valence electrons. The van der Waals surface area contributed by atoms with E-state index in [-0.39, 0.29) is 0 Å². The third-order valence-corrected chi connectivity index (χ3v) is 7.28. The van der Waals surface area contributed by atoms with E-state index in [2.05, 4.69) is 48.3 Å². The van der Waals surface area contributed by atoms with Crippen LogP contribution in [0.4, 0.5) is 0 Å². The van der Waals surface area contributed by atoms with E-state index >= 15 is 0 Å². The van der Waals surface area contributed by atoms with Crippen LogP contribution in [0.3, 0.4) is 0 Å². The molecular weight excluding hydrogens is 482 g/mol. The Bertz CT molecular complexity index is 1290. The minimum Gasteiger partial charge on any atom is -0.486 e. The molecule has 0 bridgehead atoms. The molecule has 37 heavy (non-hydrogen) atoms. The van der Waals surface area contributed by atoms with Crippen LogP contribution in [-0.4, -0.2) is 31.1 Å². The number of allylic oxidation sites excluding steroid dienone is 6. The van der Waals surface area contributed by atoms with Crippen molar-refractivity contribution in [3.05, 3.63) is 106 Å². The molecule has 5 heteroatoms. The van der Waals surface area contributed by atoms with E-state index in [1.807, 2.05) is 43.3 Å². The quantitative estimate of drug-likeness (QED) is 0.286. The monoisotopic (exact) mass is 515 g/mol. The second-order valence-electron chi connectivity index (χ2n) is 9.90. The lowest BCUT2D eigenvalue weighted by Crippen LogP contribution is -2.31. The summed E-state index contributed by atoms with van der Waals surface area (Å²) in [6.07, 6.45) is 14.9. The number of hydrogen-bond donors (Lipinski definition) is 2. The smallest absolute Gasteiger partial charge is 0.161 e. The second-order valence-corrected chi connectivity index (χ2v) is 10.3. The van der Waals surface area contributed by atoms with Crippen LogP contribution in [0, 0.1) is 11.8 Å². The Balaban J connectivity index is 1.24. The fourth-order valence-corrected chi connectivity index (χ4v) is 5.14. The van der Waals surface area contributed by atoms with Gasteiger partial charge in [0, 0.05) is 11.6 Å². The van der Waals surface area contributed by atoms with Crippen molar-refractivity contribution in [2.24, 2.45) is 11.8 Å². The zero-order valence-corrected chi connectivity index (χ0v) is 22.0. The summed E-state index contributed by atoms with van der Waals surface area (Å²) in [6, 6.07) is 12.1. The van der Waals surface area contributed by atoms with Crippen molar-refractivity contribution < 1.29 is 14.6 Å². The summed E-state index contributed by atoms with van der Waals surface area (Å²) in [6.45, 7) is 7.93. The van der Waals surface area contributed by atoms with E-state index in [9.17, 15) is 5.11 Å². The number of benzene rings is 2. The molecule has 1 aliphatic heterocycles. The van der Waals surface area contributed by atoms with Gasteiger partial charge >= 0.3 is 0 Å². The van der Waals surface area contributed by atoms with Crippen molar-refractivity contribution in [3.63, 3.8) is 0 Å². The predicted octanol–water partition coefficient (Wildman–Crippen LogP) is 6.76. The first kappa shape index (κ1) is 25.6. The lowest BCUT2D eigenvalue weighted by atomic mass is 9.90. The van der Waals surface area contributed by atoms with Crippen LogP contribution in [0.25, 0.3) is 11.6 Å². The highest BCUT2D eigenvalue weighted by molar-refractivity contribution is 6.30. The van der Waals surface area contributed by atoms with Crippen molar-refractivity contribution in [2.45, 2.75) is 32.4 Å². The lowest BCUT2D eigenvalue weighted by Gasteiger charge is -2.19. The van der Waals surface area contributed by atoms with Crippen molar-refractivity contribution in [1.82, 2.24) is 5.32 Å². The Morgan fingerprint density at radius 3 is 2.84 bits per heavy atom. The van der Waals surface area contributed by atoms with Gasteiger partial charge in [-0.15, -0.1) is 0 Å². The summed E-state index contributed by atoms with van der Waals surface area (Å²) in [5, 5.41) is 14.7. The molecule has 1 fully saturated rings. The number of ether oxygens (including phenoxy) is 2. The highest BCUT2D eigenvalue weighted by Crippen LogP contribution is 2.46. The largest absolute Gasteiger partial charge is 0.486 e. The Morgan fingerprint density at radius 1 is 1.16 bits per heavy atom. The molecule has 3 unspecified atom stereocenters. The predicted molar refractivity (Wildman–Crippen MR) is 152 cm³/mol. The van der Waals surface area contributed by atoms with Crippen molar-refractivity contribution >= 4 is 23.3 Å². The van der Waals surface area contributed by atoms with Gasteiger partial charge in [0.15, 0.2) is 11.5 Å². The molecule has 0 amide bonds. The first-order chi connectivity index (χ1) is 18.0. The summed E-state index contributed by atoms with van der Waals surface area (Å²) in [5.74, 6) is 2.78. The first-order valence-corrected chi connectivity index (χ1v) is 13.4. The van der Waals surface area contributed by atoms with Crippen LogP contribution in [0.1, 0.15) is 36.5 Å². The van der Waals surface area contributed by atoms with E-state index in [4.69, 9.17) is 21.1 Å². The molecule has 1 saturated carbocycles. The summed E-state index contributed by atoms with van der Waals surface area (Å²) >= 11 is 6.39. The molecule has 1 heterocycles. The molecular formula is C32H34ClNO3. The minimum absolute atomic E-state index is 0.571. The molecule has 5 rings (SSSR count).